The van der Waals surface area contributed by atoms with E-state index in [1.54, 1.807) is 0 Å². The van der Waals surface area contributed by atoms with Gasteiger partial charge in [0, 0.05) is 0 Å². The molecule has 0 aromatic carbocycles. The highest BCUT2D eigenvalue weighted by atomic mass is 127. The van der Waals surface area contributed by atoms with E-state index in [-0.39, 0.29) is 11.9 Å². The number of unbranched alkanes of at least 4 members (excludes halogenated alkanes) is 1. The first-order chi connectivity index (χ1) is 7.26. The molecule has 0 amide bonds. The number of hydrogen-bond donors (Lipinski definition) is 0. The average Bonchev–Trinajstić information content (AvgIpc) is 2.23. The molecule has 0 aliphatic carbocycles. The first kappa shape index (κ1) is 14.9. The highest BCUT2D eigenvalue weighted by molar-refractivity contribution is 14.1. The number of hydrogen-bond acceptors (Lipinski definition) is 2. The fraction of sp³-hybridized carbons (Fsp3) is 0.750. The van der Waals surface area contributed by atoms with Crippen LogP contribution in [0.2, 0.25) is 0 Å². The van der Waals surface area contributed by atoms with Crippen LogP contribution in [0, 0.1) is 5.92 Å². The fourth-order valence-corrected chi connectivity index (χ4v) is 1.98. The summed E-state index contributed by atoms with van der Waals surface area (Å²) >= 11 is 2.36. The van der Waals surface area contributed by atoms with Crippen LogP contribution >= 0.6 is 22.6 Å². The number of ether oxygens (including phenoxy) is 1. The maximum absolute atomic E-state index is 11.6. The highest BCUT2D eigenvalue weighted by Gasteiger charge is 2.17. The lowest BCUT2D eigenvalue weighted by Gasteiger charge is -2.14. The zero-order chi connectivity index (χ0) is 11.5. The molecule has 0 fully saturated rings. The number of halogens is 1. The van der Waals surface area contributed by atoms with Gasteiger partial charge in [-0.3, -0.25) is 4.79 Å². The van der Waals surface area contributed by atoms with E-state index < -0.39 is 0 Å². The van der Waals surface area contributed by atoms with Gasteiger partial charge in [0.2, 0.25) is 0 Å². The van der Waals surface area contributed by atoms with Crippen LogP contribution in [0.15, 0.2) is 12.7 Å². The molecule has 3 heteroatoms. The summed E-state index contributed by atoms with van der Waals surface area (Å²) in [7, 11) is 0. The lowest BCUT2D eigenvalue weighted by atomic mass is 9.97. The summed E-state index contributed by atoms with van der Waals surface area (Å²) < 4.78 is 6.22. The lowest BCUT2D eigenvalue weighted by molar-refractivity contribution is -0.148. The van der Waals surface area contributed by atoms with Crippen LogP contribution in [0.25, 0.3) is 0 Å². The van der Waals surface area contributed by atoms with E-state index >= 15 is 0 Å². The maximum Gasteiger partial charge on any atom is 0.308 e. The van der Waals surface area contributed by atoms with Crippen molar-refractivity contribution in [1.82, 2.24) is 0 Å². The smallest absolute Gasteiger partial charge is 0.308 e. The van der Waals surface area contributed by atoms with Crippen molar-refractivity contribution < 1.29 is 9.53 Å². The van der Waals surface area contributed by atoms with Gasteiger partial charge in [0.05, 0.1) is 12.5 Å². The van der Waals surface area contributed by atoms with Crippen molar-refractivity contribution in [3.05, 3.63) is 12.7 Å². The van der Waals surface area contributed by atoms with Crippen LogP contribution in [0.5, 0.6) is 0 Å². The standard InChI is InChI=1S/C12H21IO2/c1-3-5-8-11(9-6-7-10-13)12(14)15-4-2/h3,11H,1,4-10H2,2H3. The minimum Gasteiger partial charge on any atom is -0.466 e. The van der Waals surface area contributed by atoms with Crippen LogP contribution in [-0.4, -0.2) is 17.0 Å². The van der Waals surface area contributed by atoms with Gasteiger partial charge in [-0.1, -0.05) is 35.1 Å². The fourth-order valence-electron chi connectivity index (χ4n) is 1.44. The Morgan fingerprint density at radius 1 is 1.47 bits per heavy atom. The Bertz CT molecular complexity index is 180. The molecule has 0 spiro atoms. The third kappa shape index (κ3) is 7.82. The van der Waals surface area contributed by atoms with Crippen molar-refractivity contribution in [3.63, 3.8) is 0 Å². The predicted octanol–water partition coefficient (Wildman–Crippen LogP) is 3.74. The summed E-state index contributed by atoms with van der Waals surface area (Å²) in [5.41, 5.74) is 0. The van der Waals surface area contributed by atoms with Gasteiger partial charge in [0.1, 0.15) is 0 Å². The summed E-state index contributed by atoms with van der Waals surface area (Å²) in [5.74, 6) is 0.0405. The molecule has 0 rings (SSSR count). The third-order valence-corrected chi connectivity index (χ3v) is 3.04. The van der Waals surface area contributed by atoms with E-state index in [1.807, 2.05) is 13.0 Å². The van der Waals surface area contributed by atoms with E-state index in [0.29, 0.717) is 6.61 Å². The summed E-state index contributed by atoms with van der Waals surface area (Å²) in [6, 6.07) is 0. The van der Waals surface area contributed by atoms with Crippen molar-refractivity contribution in [3.8, 4) is 0 Å². The second-order valence-electron chi connectivity index (χ2n) is 3.50. The Morgan fingerprint density at radius 2 is 2.20 bits per heavy atom. The van der Waals surface area contributed by atoms with Gasteiger partial charge < -0.3 is 4.74 Å². The van der Waals surface area contributed by atoms with Gasteiger partial charge in [-0.2, -0.15) is 0 Å². The molecule has 0 aromatic rings. The van der Waals surface area contributed by atoms with Crippen LogP contribution in [-0.2, 0) is 9.53 Å². The molecule has 0 aliphatic heterocycles. The molecule has 0 saturated carbocycles. The molecule has 2 nitrogen and oxygen atoms in total. The monoisotopic (exact) mass is 324 g/mol. The summed E-state index contributed by atoms with van der Waals surface area (Å²) in [5, 5.41) is 0. The third-order valence-electron chi connectivity index (χ3n) is 2.28. The van der Waals surface area contributed by atoms with Crippen molar-refractivity contribution in [2.75, 3.05) is 11.0 Å². The number of allylic oxidation sites excluding steroid dienone is 1. The van der Waals surface area contributed by atoms with Crippen molar-refractivity contribution in [2.45, 2.75) is 39.0 Å². The molecule has 1 atom stereocenters. The Morgan fingerprint density at radius 3 is 2.73 bits per heavy atom. The van der Waals surface area contributed by atoms with E-state index in [9.17, 15) is 4.79 Å². The predicted molar refractivity (Wildman–Crippen MR) is 72.3 cm³/mol. The summed E-state index contributed by atoms with van der Waals surface area (Å²) in [4.78, 5) is 11.6. The highest BCUT2D eigenvalue weighted by Crippen LogP contribution is 2.17. The molecule has 88 valence electrons. The zero-order valence-corrected chi connectivity index (χ0v) is 11.7. The van der Waals surface area contributed by atoms with Crippen molar-refractivity contribution >= 4 is 28.6 Å². The molecular weight excluding hydrogens is 303 g/mol. The molecule has 0 saturated heterocycles. The molecule has 0 aromatic heterocycles. The zero-order valence-electron chi connectivity index (χ0n) is 9.51. The molecule has 0 N–H and O–H groups in total. The molecule has 0 aliphatic rings. The van der Waals surface area contributed by atoms with Crippen molar-refractivity contribution in [1.29, 1.82) is 0 Å². The quantitative estimate of drug-likeness (QED) is 0.212. The number of rotatable bonds is 9. The van der Waals surface area contributed by atoms with E-state index in [0.717, 1.165) is 30.1 Å². The topological polar surface area (TPSA) is 26.3 Å². The number of esters is 1. The van der Waals surface area contributed by atoms with Crippen LogP contribution in [0.4, 0.5) is 0 Å². The SMILES string of the molecule is C=CCCC(CCCCI)C(=O)OCC. The Hall–Kier alpha value is -0.0600. The first-order valence-electron chi connectivity index (χ1n) is 5.59. The average molecular weight is 324 g/mol. The van der Waals surface area contributed by atoms with Crippen LogP contribution in [0.3, 0.4) is 0 Å². The second-order valence-corrected chi connectivity index (χ2v) is 4.58. The van der Waals surface area contributed by atoms with Gasteiger partial charge in [-0.25, -0.2) is 0 Å². The Labute approximate surface area is 107 Å². The molecule has 0 bridgehead atoms. The molecule has 0 radical (unpaired) electrons. The first-order valence-corrected chi connectivity index (χ1v) is 7.12. The van der Waals surface area contributed by atoms with Gasteiger partial charge >= 0.3 is 5.97 Å². The summed E-state index contributed by atoms with van der Waals surface area (Å²) in [6.07, 6.45) is 6.89. The van der Waals surface area contributed by atoms with Crippen molar-refractivity contribution in [2.24, 2.45) is 5.92 Å². The number of carbonyl (C=O) groups excluding carboxylic acids is 1. The van der Waals surface area contributed by atoms with Gasteiger partial charge in [-0.15, -0.1) is 6.58 Å². The minimum absolute atomic E-state index is 0.0344. The largest absolute Gasteiger partial charge is 0.466 e. The Kier molecular flexibility index (Phi) is 10.4. The van der Waals surface area contributed by atoms with E-state index in [2.05, 4.69) is 29.2 Å². The van der Waals surface area contributed by atoms with E-state index in [1.165, 1.54) is 6.42 Å². The van der Waals surface area contributed by atoms with Crippen LogP contribution < -0.4 is 0 Å². The van der Waals surface area contributed by atoms with Crippen LogP contribution in [0.1, 0.15) is 39.0 Å². The minimum atomic E-state index is -0.0344. The second kappa shape index (κ2) is 10.5. The molecule has 1 unspecified atom stereocenters. The van der Waals surface area contributed by atoms with Gasteiger partial charge in [0.25, 0.3) is 0 Å². The Balaban J connectivity index is 3.92. The molecule has 0 heterocycles. The van der Waals surface area contributed by atoms with E-state index in [4.69, 9.17) is 4.74 Å². The van der Waals surface area contributed by atoms with Gasteiger partial charge in [-0.05, 0) is 37.0 Å². The normalized spacial score (nSPS) is 12.1. The molecule has 15 heavy (non-hydrogen) atoms. The number of carbonyl (C=O) groups is 1. The molecular formula is C12H21IO2. The lowest BCUT2D eigenvalue weighted by Crippen LogP contribution is -2.17. The summed E-state index contributed by atoms with van der Waals surface area (Å²) in [6.45, 7) is 6.02. The number of alkyl halides is 1. The van der Waals surface area contributed by atoms with Gasteiger partial charge in [0.15, 0.2) is 0 Å². The maximum atomic E-state index is 11.6.